The molecule has 1 fully saturated rings. The number of aliphatic carboxylic acids is 4. The van der Waals surface area contributed by atoms with Gasteiger partial charge in [-0.05, 0) is 24.7 Å². The van der Waals surface area contributed by atoms with Crippen molar-refractivity contribution in [3.8, 4) is 0 Å². The molecule has 0 aromatic carbocycles. The van der Waals surface area contributed by atoms with E-state index >= 15 is 0 Å². The van der Waals surface area contributed by atoms with Crippen LogP contribution in [0.2, 0.25) is 0 Å². The highest BCUT2D eigenvalue weighted by Gasteiger charge is 2.26. The topological polar surface area (TPSA) is 149 Å². The SMILES string of the molecule is O=C(O)C(CCCCCCC1CCCCC1CCCCCCC(C(=O)O)C(=O)O)C(=O)O. The Morgan fingerprint density at radius 3 is 1.16 bits per heavy atom. The van der Waals surface area contributed by atoms with Crippen LogP contribution >= 0.6 is 0 Å². The van der Waals surface area contributed by atoms with Crippen LogP contribution in [0.1, 0.15) is 103 Å². The van der Waals surface area contributed by atoms with Crippen LogP contribution in [-0.4, -0.2) is 44.3 Å². The van der Waals surface area contributed by atoms with Crippen molar-refractivity contribution in [2.45, 2.75) is 103 Å². The van der Waals surface area contributed by atoms with Gasteiger partial charge in [0, 0.05) is 0 Å². The van der Waals surface area contributed by atoms with Gasteiger partial charge in [-0.15, -0.1) is 0 Å². The van der Waals surface area contributed by atoms with Crippen LogP contribution in [0.15, 0.2) is 0 Å². The summed E-state index contributed by atoms with van der Waals surface area (Å²) in [5.74, 6) is -6.18. The summed E-state index contributed by atoms with van der Waals surface area (Å²) in [6.45, 7) is 0. The minimum absolute atomic E-state index is 0.191. The number of hydrogen-bond donors (Lipinski definition) is 4. The summed E-state index contributed by atoms with van der Waals surface area (Å²) in [6.07, 6.45) is 14.9. The van der Waals surface area contributed by atoms with Gasteiger partial charge in [0.05, 0.1) is 0 Å². The van der Waals surface area contributed by atoms with Gasteiger partial charge < -0.3 is 20.4 Å². The number of carboxylic acids is 4. The molecule has 1 aliphatic rings. The molecule has 8 heteroatoms. The van der Waals surface area contributed by atoms with E-state index in [1.807, 2.05) is 0 Å². The fourth-order valence-electron chi connectivity index (χ4n) is 4.97. The molecule has 0 aliphatic heterocycles. The van der Waals surface area contributed by atoms with Gasteiger partial charge in [-0.2, -0.15) is 0 Å². The third-order valence-corrected chi connectivity index (χ3v) is 6.89. The molecule has 0 radical (unpaired) electrons. The standard InChI is InChI=1S/C24H40O8/c25-21(26)19(22(27)28)15-7-3-1-5-11-17-13-9-10-14-18(17)12-6-2-4-8-16-20(23(29)30)24(31)32/h17-20H,1-16H2,(H,25,26)(H,27,28)(H,29,30)(H,31,32). The van der Waals surface area contributed by atoms with Crippen LogP contribution in [0.3, 0.4) is 0 Å². The zero-order chi connectivity index (χ0) is 23.9. The zero-order valence-corrected chi connectivity index (χ0v) is 19.0. The van der Waals surface area contributed by atoms with Gasteiger partial charge in [0.2, 0.25) is 0 Å². The molecule has 0 amide bonds. The van der Waals surface area contributed by atoms with Gasteiger partial charge >= 0.3 is 23.9 Å². The molecule has 32 heavy (non-hydrogen) atoms. The second-order valence-corrected chi connectivity index (χ2v) is 9.25. The Bertz CT molecular complexity index is 523. The Morgan fingerprint density at radius 2 is 0.844 bits per heavy atom. The molecule has 184 valence electrons. The molecule has 0 bridgehead atoms. The molecule has 1 rings (SSSR count). The number of carboxylic acid groups (broad SMARTS) is 4. The smallest absolute Gasteiger partial charge is 0.317 e. The summed E-state index contributed by atoms with van der Waals surface area (Å²) in [4.78, 5) is 43.6. The van der Waals surface area contributed by atoms with Crippen molar-refractivity contribution in [3.63, 3.8) is 0 Å². The van der Waals surface area contributed by atoms with E-state index in [1.54, 1.807) is 0 Å². The van der Waals surface area contributed by atoms with Crippen molar-refractivity contribution >= 4 is 23.9 Å². The van der Waals surface area contributed by atoms with Crippen LogP contribution < -0.4 is 0 Å². The zero-order valence-electron chi connectivity index (χ0n) is 19.0. The van der Waals surface area contributed by atoms with Crippen LogP contribution in [-0.2, 0) is 19.2 Å². The largest absolute Gasteiger partial charge is 0.481 e. The normalized spacial score (nSPS) is 18.7. The summed E-state index contributed by atoms with van der Waals surface area (Å²) in [6, 6.07) is 0. The summed E-state index contributed by atoms with van der Waals surface area (Å²) in [5, 5.41) is 35.6. The fourth-order valence-corrected chi connectivity index (χ4v) is 4.97. The Hall–Kier alpha value is -2.12. The van der Waals surface area contributed by atoms with Crippen LogP contribution in [0.5, 0.6) is 0 Å². The van der Waals surface area contributed by atoms with E-state index < -0.39 is 35.7 Å². The van der Waals surface area contributed by atoms with E-state index in [4.69, 9.17) is 20.4 Å². The minimum Gasteiger partial charge on any atom is -0.481 e. The monoisotopic (exact) mass is 456 g/mol. The molecule has 0 spiro atoms. The highest BCUT2D eigenvalue weighted by atomic mass is 16.4. The first-order chi connectivity index (χ1) is 15.2. The summed E-state index contributed by atoms with van der Waals surface area (Å²) >= 11 is 0. The highest BCUT2D eigenvalue weighted by Crippen LogP contribution is 2.37. The Kier molecular flexibility index (Phi) is 13.6. The van der Waals surface area contributed by atoms with Gasteiger partial charge in [-0.25, -0.2) is 0 Å². The quantitative estimate of drug-likeness (QED) is 0.165. The molecule has 2 atom stereocenters. The van der Waals surface area contributed by atoms with E-state index in [9.17, 15) is 19.2 Å². The van der Waals surface area contributed by atoms with E-state index in [2.05, 4.69) is 0 Å². The van der Waals surface area contributed by atoms with E-state index in [1.165, 1.54) is 38.5 Å². The van der Waals surface area contributed by atoms with E-state index in [0.717, 1.165) is 50.4 Å². The molecular formula is C24H40O8. The molecule has 0 heterocycles. The second kappa shape index (κ2) is 15.6. The lowest BCUT2D eigenvalue weighted by Crippen LogP contribution is -2.23. The lowest BCUT2D eigenvalue weighted by atomic mass is 9.74. The number of carbonyl (C=O) groups is 4. The van der Waals surface area contributed by atoms with E-state index in [0.29, 0.717) is 12.8 Å². The Labute approximate surface area is 190 Å². The van der Waals surface area contributed by atoms with Crippen LogP contribution in [0.4, 0.5) is 0 Å². The number of hydrogen-bond acceptors (Lipinski definition) is 4. The molecule has 0 saturated heterocycles. The molecular weight excluding hydrogens is 416 g/mol. The second-order valence-electron chi connectivity index (χ2n) is 9.25. The first kappa shape index (κ1) is 27.9. The summed E-state index contributed by atoms with van der Waals surface area (Å²) in [7, 11) is 0. The van der Waals surface area contributed by atoms with E-state index in [-0.39, 0.29) is 12.8 Å². The van der Waals surface area contributed by atoms with Crippen molar-refractivity contribution in [2.24, 2.45) is 23.7 Å². The third kappa shape index (κ3) is 11.0. The van der Waals surface area contributed by atoms with Gasteiger partial charge in [0.25, 0.3) is 0 Å². The Balaban J connectivity index is 2.19. The number of rotatable bonds is 18. The fraction of sp³-hybridized carbons (Fsp3) is 0.833. The maximum absolute atomic E-state index is 10.9. The summed E-state index contributed by atoms with van der Waals surface area (Å²) in [5.41, 5.74) is 0. The van der Waals surface area contributed by atoms with Gasteiger partial charge in [0.1, 0.15) is 0 Å². The number of unbranched alkanes of at least 4 members (excludes halogenated alkanes) is 6. The van der Waals surface area contributed by atoms with Gasteiger partial charge in [0.15, 0.2) is 11.8 Å². The highest BCUT2D eigenvalue weighted by molar-refractivity contribution is 5.93. The Morgan fingerprint density at radius 1 is 0.531 bits per heavy atom. The molecule has 0 aromatic rings. The predicted molar refractivity (Wildman–Crippen MR) is 118 cm³/mol. The van der Waals surface area contributed by atoms with Crippen LogP contribution in [0.25, 0.3) is 0 Å². The minimum atomic E-state index is -1.29. The average Bonchev–Trinajstić information content (AvgIpc) is 2.72. The maximum atomic E-state index is 10.9. The molecule has 0 aromatic heterocycles. The lowest BCUT2D eigenvalue weighted by Gasteiger charge is -2.32. The third-order valence-electron chi connectivity index (χ3n) is 6.89. The predicted octanol–water partition coefficient (Wildman–Crippen LogP) is 5.04. The maximum Gasteiger partial charge on any atom is 0.317 e. The van der Waals surface area contributed by atoms with Gasteiger partial charge in [-0.1, -0.05) is 89.9 Å². The van der Waals surface area contributed by atoms with Crippen molar-refractivity contribution in [1.29, 1.82) is 0 Å². The average molecular weight is 457 g/mol. The lowest BCUT2D eigenvalue weighted by molar-refractivity contribution is -0.156. The first-order valence-electron chi connectivity index (χ1n) is 12.1. The van der Waals surface area contributed by atoms with Gasteiger partial charge in [-0.3, -0.25) is 19.2 Å². The molecule has 4 N–H and O–H groups in total. The molecule has 1 saturated carbocycles. The first-order valence-corrected chi connectivity index (χ1v) is 12.1. The molecule has 2 unspecified atom stereocenters. The van der Waals surface area contributed by atoms with Crippen LogP contribution in [0, 0.1) is 23.7 Å². The van der Waals surface area contributed by atoms with Crippen molar-refractivity contribution < 1.29 is 39.6 Å². The summed E-state index contributed by atoms with van der Waals surface area (Å²) < 4.78 is 0. The molecule has 1 aliphatic carbocycles. The van der Waals surface area contributed by atoms with Crippen molar-refractivity contribution in [3.05, 3.63) is 0 Å². The van der Waals surface area contributed by atoms with Crippen molar-refractivity contribution in [1.82, 2.24) is 0 Å². The van der Waals surface area contributed by atoms with Crippen molar-refractivity contribution in [2.75, 3.05) is 0 Å². The molecule has 8 nitrogen and oxygen atoms in total.